The molecule has 0 spiro atoms. The molecule has 0 saturated heterocycles. The second-order valence-corrected chi connectivity index (χ2v) is 4.54. The van der Waals surface area contributed by atoms with Crippen LogP contribution in [0.15, 0.2) is 6.20 Å². The van der Waals surface area contributed by atoms with Crippen molar-refractivity contribution in [3.8, 4) is 0 Å². The summed E-state index contributed by atoms with van der Waals surface area (Å²) in [4.78, 5) is 4.24. The topological polar surface area (TPSA) is 50.9 Å². The molecule has 3 N–H and O–H groups in total. The normalized spacial score (nSPS) is 9.67. The maximum absolute atomic E-state index is 5.63. The van der Waals surface area contributed by atoms with Crippen LogP contribution in [0.4, 0.5) is 5.69 Å². The number of unbranched alkanes of at least 4 members (excludes halogenated alkanes) is 3. The van der Waals surface area contributed by atoms with Crippen LogP contribution in [0.3, 0.4) is 0 Å². The van der Waals surface area contributed by atoms with Crippen LogP contribution in [0.1, 0.15) is 56.4 Å². The van der Waals surface area contributed by atoms with E-state index in [0.717, 1.165) is 22.5 Å². The largest absolute Gasteiger partial charge is 0.386 e. The van der Waals surface area contributed by atoms with Crippen LogP contribution >= 0.6 is 0 Å². The molecule has 0 aliphatic heterocycles. The van der Waals surface area contributed by atoms with Crippen molar-refractivity contribution in [3.05, 3.63) is 23.0 Å². The van der Waals surface area contributed by atoms with Gasteiger partial charge in [-0.2, -0.15) is 0 Å². The first kappa shape index (κ1) is 16.9. The Morgan fingerprint density at radius 3 is 2.06 bits per heavy atom. The van der Waals surface area contributed by atoms with Gasteiger partial charge in [0.1, 0.15) is 0 Å². The van der Waals surface area contributed by atoms with E-state index in [4.69, 9.17) is 5.73 Å². The number of aromatic nitrogens is 1. The second kappa shape index (κ2) is 9.89. The summed E-state index contributed by atoms with van der Waals surface area (Å²) >= 11 is 0. The number of hydrogen-bond acceptors (Lipinski definition) is 3. The molecule has 0 aromatic carbocycles. The van der Waals surface area contributed by atoms with Crippen LogP contribution in [0.25, 0.3) is 0 Å². The Morgan fingerprint density at radius 2 is 1.72 bits per heavy atom. The van der Waals surface area contributed by atoms with E-state index in [1.54, 1.807) is 0 Å². The second-order valence-electron chi connectivity index (χ2n) is 4.54. The van der Waals surface area contributed by atoms with Crippen molar-refractivity contribution in [2.45, 2.75) is 59.9 Å². The van der Waals surface area contributed by atoms with E-state index in [0.29, 0.717) is 6.54 Å². The molecule has 3 nitrogen and oxygen atoms in total. The van der Waals surface area contributed by atoms with E-state index < -0.39 is 0 Å². The fourth-order valence-corrected chi connectivity index (χ4v) is 1.85. The summed E-state index contributed by atoms with van der Waals surface area (Å²) in [6.07, 6.45) is 7.40. The van der Waals surface area contributed by atoms with Crippen molar-refractivity contribution in [1.82, 2.24) is 4.98 Å². The highest BCUT2D eigenvalue weighted by Crippen LogP contribution is 2.20. The lowest BCUT2D eigenvalue weighted by atomic mass is 10.1. The molecule has 0 saturated carbocycles. The Kier molecular flexibility index (Phi) is 9.29. The van der Waals surface area contributed by atoms with Crippen LogP contribution in [0, 0.1) is 13.8 Å². The number of nitrogens with two attached hydrogens (primary N) is 1. The SMILES string of the molecule is CCCCCC.CNc1c(C)ncc(C)c1CN. The quantitative estimate of drug-likeness (QED) is 0.783. The van der Waals surface area contributed by atoms with E-state index in [9.17, 15) is 0 Å². The third-order valence-corrected chi connectivity index (χ3v) is 3.00. The van der Waals surface area contributed by atoms with Crippen LogP contribution in [0.2, 0.25) is 0 Å². The first-order chi connectivity index (χ1) is 8.62. The number of rotatable bonds is 5. The smallest absolute Gasteiger partial charge is 0.0607 e. The molecule has 1 aromatic rings. The molecule has 0 radical (unpaired) electrons. The Labute approximate surface area is 112 Å². The van der Waals surface area contributed by atoms with Gasteiger partial charge in [0.05, 0.1) is 11.4 Å². The van der Waals surface area contributed by atoms with Gasteiger partial charge in [-0.25, -0.2) is 0 Å². The maximum Gasteiger partial charge on any atom is 0.0607 e. The van der Waals surface area contributed by atoms with Gasteiger partial charge in [0.2, 0.25) is 0 Å². The number of nitrogens with one attached hydrogen (secondary N) is 1. The Balaban J connectivity index is 0.000000411. The third kappa shape index (κ3) is 5.50. The Morgan fingerprint density at radius 1 is 1.17 bits per heavy atom. The molecule has 0 aliphatic carbocycles. The van der Waals surface area contributed by atoms with E-state index in [2.05, 4.69) is 24.1 Å². The summed E-state index contributed by atoms with van der Waals surface area (Å²) in [6.45, 7) is 9.02. The maximum atomic E-state index is 5.63. The van der Waals surface area contributed by atoms with Crippen molar-refractivity contribution in [3.63, 3.8) is 0 Å². The van der Waals surface area contributed by atoms with Gasteiger partial charge in [0, 0.05) is 19.8 Å². The summed E-state index contributed by atoms with van der Waals surface area (Å²) in [7, 11) is 1.89. The summed E-state index contributed by atoms with van der Waals surface area (Å²) in [5, 5.41) is 3.11. The minimum Gasteiger partial charge on any atom is -0.386 e. The molecular weight excluding hydrogens is 222 g/mol. The van der Waals surface area contributed by atoms with Crippen molar-refractivity contribution in [2.75, 3.05) is 12.4 Å². The average Bonchev–Trinajstić information content (AvgIpc) is 2.39. The molecule has 18 heavy (non-hydrogen) atoms. The lowest BCUT2D eigenvalue weighted by molar-refractivity contribution is 0.702. The van der Waals surface area contributed by atoms with Crippen LogP contribution in [-0.4, -0.2) is 12.0 Å². The number of anilines is 1. The standard InChI is InChI=1S/C9H15N3.C6H14/c1-6-5-12-7(2)9(11-3)8(6)4-10;1-3-5-6-4-2/h5,11H,4,10H2,1-3H3;3-6H2,1-2H3. The summed E-state index contributed by atoms with van der Waals surface area (Å²) in [5.41, 5.74) is 10.0. The minimum absolute atomic E-state index is 0.561. The number of pyridine rings is 1. The highest BCUT2D eigenvalue weighted by atomic mass is 14.9. The van der Waals surface area contributed by atoms with Crippen LogP contribution < -0.4 is 11.1 Å². The molecule has 0 aliphatic rings. The number of nitrogens with zero attached hydrogens (tertiary/aromatic N) is 1. The zero-order chi connectivity index (χ0) is 14.0. The van der Waals surface area contributed by atoms with Gasteiger partial charge in [-0.1, -0.05) is 39.5 Å². The van der Waals surface area contributed by atoms with Crippen molar-refractivity contribution < 1.29 is 0 Å². The molecule has 104 valence electrons. The summed E-state index contributed by atoms with van der Waals surface area (Å²) in [6, 6.07) is 0. The van der Waals surface area contributed by atoms with Gasteiger partial charge in [-0.3, -0.25) is 4.98 Å². The van der Waals surface area contributed by atoms with E-state index in [1.807, 2.05) is 27.1 Å². The zero-order valence-electron chi connectivity index (χ0n) is 12.6. The molecule has 1 heterocycles. The predicted molar refractivity (Wildman–Crippen MR) is 81.0 cm³/mol. The molecule has 0 amide bonds. The van der Waals surface area contributed by atoms with Gasteiger partial charge in [0.15, 0.2) is 0 Å². The predicted octanol–water partition coefficient (Wildman–Crippen LogP) is 3.79. The highest BCUT2D eigenvalue weighted by molar-refractivity contribution is 5.56. The summed E-state index contributed by atoms with van der Waals surface area (Å²) in [5.74, 6) is 0. The van der Waals surface area contributed by atoms with E-state index in [-0.39, 0.29) is 0 Å². The fourth-order valence-electron chi connectivity index (χ4n) is 1.85. The van der Waals surface area contributed by atoms with Crippen molar-refractivity contribution in [1.29, 1.82) is 0 Å². The summed E-state index contributed by atoms with van der Waals surface area (Å²) < 4.78 is 0. The number of hydrogen-bond donors (Lipinski definition) is 2. The van der Waals surface area contributed by atoms with Crippen LogP contribution in [0.5, 0.6) is 0 Å². The average molecular weight is 251 g/mol. The van der Waals surface area contributed by atoms with Crippen molar-refractivity contribution in [2.24, 2.45) is 5.73 Å². The van der Waals surface area contributed by atoms with Gasteiger partial charge >= 0.3 is 0 Å². The molecular formula is C15H29N3. The van der Waals surface area contributed by atoms with E-state index >= 15 is 0 Å². The zero-order valence-corrected chi connectivity index (χ0v) is 12.6. The first-order valence-corrected chi connectivity index (χ1v) is 6.95. The molecule has 0 unspecified atom stereocenters. The minimum atomic E-state index is 0.561. The molecule has 0 bridgehead atoms. The highest BCUT2D eigenvalue weighted by Gasteiger charge is 2.05. The molecule has 0 fully saturated rings. The van der Waals surface area contributed by atoms with Gasteiger partial charge < -0.3 is 11.1 Å². The van der Waals surface area contributed by atoms with E-state index in [1.165, 1.54) is 25.7 Å². The Hall–Kier alpha value is -1.09. The molecule has 1 aromatic heterocycles. The van der Waals surface area contributed by atoms with Gasteiger partial charge in [-0.15, -0.1) is 0 Å². The van der Waals surface area contributed by atoms with Crippen LogP contribution in [-0.2, 0) is 6.54 Å². The fraction of sp³-hybridized carbons (Fsp3) is 0.667. The monoisotopic (exact) mass is 251 g/mol. The molecule has 0 atom stereocenters. The van der Waals surface area contributed by atoms with Gasteiger partial charge in [0.25, 0.3) is 0 Å². The molecule has 1 rings (SSSR count). The number of aryl methyl sites for hydroxylation is 2. The lowest BCUT2D eigenvalue weighted by Gasteiger charge is -2.12. The van der Waals surface area contributed by atoms with Gasteiger partial charge in [-0.05, 0) is 25.0 Å². The lowest BCUT2D eigenvalue weighted by Crippen LogP contribution is -2.07. The first-order valence-electron chi connectivity index (χ1n) is 6.95. The van der Waals surface area contributed by atoms with Crippen molar-refractivity contribution >= 4 is 5.69 Å². The third-order valence-electron chi connectivity index (χ3n) is 3.00. The molecule has 3 heteroatoms. The Bertz CT molecular complexity index is 302.